The minimum atomic E-state index is -0.382. The summed E-state index contributed by atoms with van der Waals surface area (Å²) in [6.07, 6.45) is 8.62. The monoisotopic (exact) mass is 265 g/mol. The van der Waals surface area contributed by atoms with Crippen LogP contribution < -0.4 is 0 Å². The summed E-state index contributed by atoms with van der Waals surface area (Å²) in [5.74, 6) is 0.00608. The molecule has 1 aliphatic carbocycles. The van der Waals surface area contributed by atoms with Gasteiger partial charge >= 0.3 is 5.97 Å². The maximum Gasteiger partial charge on any atom is 0.363 e. The molecule has 1 aromatic rings. The lowest BCUT2D eigenvalue weighted by atomic mass is 10.1. The summed E-state index contributed by atoms with van der Waals surface area (Å²) in [6.45, 7) is 4.03. The van der Waals surface area contributed by atoms with Crippen molar-refractivity contribution in [1.29, 1.82) is 0 Å². The maximum atomic E-state index is 11.9. The Labute approximate surface area is 118 Å². The molecule has 1 aromatic carbocycles. The van der Waals surface area contributed by atoms with Gasteiger partial charge in [0.1, 0.15) is 0 Å². The summed E-state index contributed by atoms with van der Waals surface area (Å²) in [5.41, 5.74) is 4.53. The van der Waals surface area contributed by atoms with Gasteiger partial charge in [-0.25, -0.2) is 9.79 Å². The Bertz CT molecular complexity index is 685. The zero-order valence-electron chi connectivity index (χ0n) is 11.5. The van der Waals surface area contributed by atoms with Crippen LogP contribution in [0, 0.1) is 13.8 Å². The molecule has 0 radical (unpaired) electrons. The van der Waals surface area contributed by atoms with Crippen molar-refractivity contribution >= 4 is 11.9 Å². The topological polar surface area (TPSA) is 38.7 Å². The van der Waals surface area contributed by atoms with Gasteiger partial charge < -0.3 is 4.74 Å². The number of carbonyl (C=O) groups is 1. The molecule has 0 N–H and O–H groups in total. The molecule has 0 spiro atoms. The van der Waals surface area contributed by atoms with Crippen molar-refractivity contribution in [3.63, 3.8) is 0 Å². The van der Waals surface area contributed by atoms with Gasteiger partial charge in [0, 0.05) is 5.56 Å². The highest BCUT2D eigenvalue weighted by molar-refractivity contribution is 6.11. The third-order valence-electron chi connectivity index (χ3n) is 3.21. The van der Waals surface area contributed by atoms with Gasteiger partial charge in [0.25, 0.3) is 0 Å². The first-order valence-corrected chi connectivity index (χ1v) is 6.59. The van der Waals surface area contributed by atoms with E-state index in [1.807, 2.05) is 44.2 Å². The van der Waals surface area contributed by atoms with Crippen LogP contribution >= 0.6 is 0 Å². The highest BCUT2D eigenvalue weighted by atomic mass is 16.6. The number of esters is 1. The third kappa shape index (κ3) is 2.48. The van der Waals surface area contributed by atoms with E-state index in [-0.39, 0.29) is 5.97 Å². The average molecular weight is 265 g/mol. The number of hydrogen-bond acceptors (Lipinski definition) is 3. The van der Waals surface area contributed by atoms with Crippen molar-refractivity contribution in [3.8, 4) is 0 Å². The van der Waals surface area contributed by atoms with Crippen molar-refractivity contribution in [2.45, 2.75) is 20.3 Å². The SMILES string of the molecule is Cc1cc(C)cc(C2=NC(=CC3=CC=CC3)C(=O)O2)c1. The summed E-state index contributed by atoms with van der Waals surface area (Å²) in [7, 11) is 0. The van der Waals surface area contributed by atoms with Gasteiger partial charge in [-0.05, 0) is 44.1 Å². The molecule has 0 fully saturated rings. The fraction of sp³-hybridized carbons (Fsp3) is 0.176. The number of carbonyl (C=O) groups excluding carboxylic acids is 1. The Kier molecular flexibility index (Phi) is 3.11. The van der Waals surface area contributed by atoms with E-state index in [9.17, 15) is 4.79 Å². The number of hydrogen-bond donors (Lipinski definition) is 0. The van der Waals surface area contributed by atoms with Crippen LogP contribution in [0.5, 0.6) is 0 Å². The molecule has 3 heteroatoms. The molecule has 1 heterocycles. The number of cyclic esters (lactones) is 1. The first-order chi connectivity index (χ1) is 9.61. The molecular weight excluding hydrogens is 250 g/mol. The number of allylic oxidation sites excluding steroid dienone is 5. The highest BCUT2D eigenvalue weighted by Gasteiger charge is 2.24. The van der Waals surface area contributed by atoms with Crippen molar-refractivity contribution in [3.05, 3.63) is 70.5 Å². The Morgan fingerprint density at radius 2 is 1.95 bits per heavy atom. The fourth-order valence-corrected chi connectivity index (χ4v) is 2.38. The van der Waals surface area contributed by atoms with Gasteiger partial charge in [-0.1, -0.05) is 35.4 Å². The molecule has 0 aromatic heterocycles. The molecule has 0 atom stereocenters. The highest BCUT2D eigenvalue weighted by Crippen LogP contribution is 2.21. The van der Waals surface area contributed by atoms with Gasteiger partial charge in [0.15, 0.2) is 5.70 Å². The predicted molar refractivity (Wildman–Crippen MR) is 78.5 cm³/mol. The van der Waals surface area contributed by atoms with Crippen LogP contribution in [0.3, 0.4) is 0 Å². The Morgan fingerprint density at radius 3 is 2.60 bits per heavy atom. The molecule has 3 nitrogen and oxygen atoms in total. The summed E-state index contributed by atoms with van der Waals surface area (Å²) in [6, 6.07) is 6.02. The second-order valence-electron chi connectivity index (χ2n) is 5.09. The van der Waals surface area contributed by atoms with E-state index in [1.165, 1.54) is 0 Å². The average Bonchev–Trinajstić information content (AvgIpc) is 3.00. The van der Waals surface area contributed by atoms with E-state index < -0.39 is 0 Å². The lowest BCUT2D eigenvalue weighted by Crippen LogP contribution is -2.06. The van der Waals surface area contributed by atoms with Gasteiger partial charge in [0.2, 0.25) is 5.90 Å². The molecule has 20 heavy (non-hydrogen) atoms. The summed E-state index contributed by atoms with van der Waals surface area (Å²) < 4.78 is 5.28. The molecule has 0 saturated heterocycles. The van der Waals surface area contributed by atoms with E-state index in [0.717, 1.165) is 28.7 Å². The van der Waals surface area contributed by atoms with Crippen LogP contribution in [0.15, 0.2) is 58.8 Å². The minimum absolute atomic E-state index is 0.370. The third-order valence-corrected chi connectivity index (χ3v) is 3.21. The number of benzene rings is 1. The van der Waals surface area contributed by atoms with E-state index >= 15 is 0 Å². The van der Waals surface area contributed by atoms with Crippen LogP contribution in [-0.2, 0) is 9.53 Å². The van der Waals surface area contributed by atoms with Gasteiger partial charge in [-0.15, -0.1) is 0 Å². The Morgan fingerprint density at radius 1 is 1.20 bits per heavy atom. The number of nitrogens with zero attached hydrogens (tertiary/aromatic N) is 1. The van der Waals surface area contributed by atoms with E-state index in [1.54, 1.807) is 6.08 Å². The molecule has 100 valence electrons. The zero-order valence-corrected chi connectivity index (χ0v) is 11.5. The normalized spacial score (nSPS) is 19.3. The van der Waals surface area contributed by atoms with Crippen LogP contribution in [-0.4, -0.2) is 11.9 Å². The lowest BCUT2D eigenvalue weighted by Gasteiger charge is -2.03. The number of aliphatic imine (C=N–C) groups is 1. The van der Waals surface area contributed by atoms with Crippen LogP contribution in [0.2, 0.25) is 0 Å². The first-order valence-electron chi connectivity index (χ1n) is 6.59. The van der Waals surface area contributed by atoms with Crippen molar-refractivity contribution in [2.75, 3.05) is 0 Å². The summed E-state index contributed by atoms with van der Waals surface area (Å²) >= 11 is 0. The fourth-order valence-electron chi connectivity index (χ4n) is 2.38. The van der Waals surface area contributed by atoms with Gasteiger partial charge in [-0.2, -0.15) is 0 Å². The molecule has 3 rings (SSSR count). The molecule has 1 aliphatic heterocycles. The number of ether oxygens (including phenoxy) is 1. The van der Waals surface area contributed by atoms with Crippen molar-refractivity contribution in [2.24, 2.45) is 4.99 Å². The van der Waals surface area contributed by atoms with Crippen LogP contribution in [0.1, 0.15) is 23.1 Å². The Balaban J connectivity index is 1.93. The van der Waals surface area contributed by atoms with Gasteiger partial charge in [-0.3, -0.25) is 0 Å². The van der Waals surface area contributed by atoms with E-state index in [2.05, 4.69) is 11.1 Å². The zero-order chi connectivity index (χ0) is 14.1. The first kappa shape index (κ1) is 12.6. The van der Waals surface area contributed by atoms with Crippen LogP contribution in [0.25, 0.3) is 0 Å². The summed E-state index contributed by atoms with van der Waals surface area (Å²) in [5, 5.41) is 0. The largest absolute Gasteiger partial charge is 0.402 e. The molecular formula is C17H15NO2. The predicted octanol–water partition coefficient (Wildman–Crippen LogP) is 3.38. The van der Waals surface area contributed by atoms with E-state index in [0.29, 0.717) is 11.6 Å². The van der Waals surface area contributed by atoms with Gasteiger partial charge in [0.05, 0.1) is 0 Å². The standard InChI is InChI=1S/C17H15NO2/c1-11-7-12(2)9-14(8-11)16-18-15(17(19)20-16)10-13-5-3-4-6-13/h3-5,7-10H,6H2,1-2H3. The number of rotatable bonds is 2. The molecule has 0 amide bonds. The second kappa shape index (κ2) is 4.93. The van der Waals surface area contributed by atoms with Crippen molar-refractivity contribution < 1.29 is 9.53 Å². The van der Waals surface area contributed by atoms with Crippen molar-refractivity contribution in [1.82, 2.24) is 0 Å². The number of aryl methyl sites for hydroxylation is 2. The molecule has 2 aliphatic rings. The maximum absolute atomic E-state index is 11.9. The molecule has 0 bridgehead atoms. The quantitative estimate of drug-likeness (QED) is 0.607. The van der Waals surface area contributed by atoms with Crippen LogP contribution in [0.4, 0.5) is 0 Å². The minimum Gasteiger partial charge on any atom is -0.402 e. The lowest BCUT2D eigenvalue weighted by molar-refractivity contribution is -0.130. The smallest absolute Gasteiger partial charge is 0.363 e. The van der Waals surface area contributed by atoms with E-state index in [4.69, 9.17) is 4.74 Å². The summed E-state index contributed by atoms with van der Waals surface area (Å²) in [4.78, 5) is 16.2. The second-order valence-corrected chi connectivity index (χ2v) is 5.09. The molecule has 0 unspecified atom stereocenters. The Hall–Kier alpha value is -2.42. The molecule has 0 saturated carbocycles.